The molecule has 2 aromatic carbocycles. The first kappa shape index (κ1) is 25.5. The van der Waals surface area contributed by atoms with Crippen LogP contribution in [0.4, 0.5) is 18.9 Å². The minimum absolute atomic E-state index is 0.259. The van der Waals surface area contributed by atoms with E-state index in [1.165, 1.54) is 7.11 Å². The molecule has 10 heteroatoms. The van der Waals surface area contributed by atoms with Crippen molar-refractivity contribution in [2.24, 2.45) is 0 Å². The fraction of sp³-hybridized carbons (Fsp3) is 0.286. The number of rotatable bonds is 7. The molecular formula is C21H23F3N2O5. The number of carbonyl (C=O) groups is 3. The van der Waals surface area contributed by atoms with Crippen LogP contribution in [-0.2, 0) is 25.5 Å². The summed E-state index contributed by atoms with van der Waals surface area (Å²) < 4.78 is 36.5. The van der Waals surface area contributed by atoms with Gasteiger partial charge in [0, 0.05) is 12.1 Å². The van der Waals surface area contributed by atoms with Gasteiger partial charge in [0.1, 0.15) is 12.1 Å². The predicted octanol–water partition coefficient (Wildman–Crippen LogP) is 3.02. The van der Waals surface area contributed by atoms with Crippen LogP contribution in [-0.4, -0.2) is 48.3 Å². The molecule has 2 aromatic rings. The van der Waals surface area contributed by atoms with Gasteiger partial charge in [0.25, 0.3) is 0 Å². The molecule has 0 fully saturated rings. The summed E-state index contributed by atoms with van der Waals surface area (Å²) in [6.45, 7) is 1.75. The lowest BCUT2D eigenvalue weighted by Crippen LogP contribution is -2.48. The van der Waals surface area contributed by atoms with Crippen LogP contribution < -0.4 is 10.6 Å². The van der Waals surface area contributed by atoms with Gasteiger partial charge in [-0.3, -0.25) is 4.79 Å². The lowest BCUT2D eigenvalue weighted by molar-refractivity contribution is -0.192. The lowest BCUT2D eigenvalue weighted by Gasteiger charge is -2.20. The molecule has 168 valence electrons. The molecule has 0 saturated heterocycles. The molecule has 2 atom stereocenters. The number of aliphatic carboxylic acids is 1. The van der Waals surface area contributed by atoms with Gasteiger partial charge in [0.15, 0.2) is 0 Å². The normalized spacial score (nSPS) is 12.4. The molecule has 2 unspecified atom stereocenters. The van der Waals surface area contributed by atoms with Crippen LogP contribution >= 0.6 is 0 Å². The fourth-order valence-electron chi connectivity index (χ4n) is 2.33. The Hall–Kier alpha value is -3.56. The van der Waals surface area contributed by atoms with Crippen LogP contribution in [0.5, 0.6) is 0 Å². The van der Waals surface area contributed by atoms with Gasteiger partial charge >= 0.3 is 18.1 Å². The van der Waals surface area contributed by atoms with Gasteiger partial charge < -0.3 is 20.5 Å². The second kappa shape index (κ2) is 12.2. The molecule has 0 aliphatic heterocycles. The maximum absolute atomic E-state index is 12.4. The van der Waals surface area contributed by atoms with Crippen molar-refractivity contribution in [3.05, 3.63) is 66.2 Å². The maximum Gasteiger partial charge on any atom is 0.490 e. The quantitative estimate of drug-likeness (QED) is 0.572. The summed E-state index contributed by atoms with van der Waals surface area (Å²) in [5, 5.41) is 13.0. The zero-order valence-corrected chi connectivity index (χ0v) is 16.8. The molecule has 0 spiro atoms. The van der Waals surface area contributed by atoms with Gasteiger partial charge in [0.05, 0.1) is 7.11 Å². The van der Waals surface area contributed by atoms with E-state index < -0.39 is 30.2 Å². The second-order valence-corrected chi connectivity index (χ2v) is 6.31. The zero-order valence-electron chi connectivity index (χ0n) is 16.8. The number of alkyl halides is 3. The minimum atomic E-state index is -5.08. The van der Waals surface area contributed by atoms with E-state index in [-0.39, 0.29) is 5.91 Å². The average Bonchev–Trinajstić information content (AvgIpc) is 2.73. The summed E-state index contributed by atoms with van der Waals surface area (Å²) >= 11 is 0. The molecule has 0 aliphatic rings. The SMILES string of the molecule is COC(=O)C(Cc1ccccc1)NC(=O)C(C)Nc1ccccc1.O=C(O)C(F)(F)F. The first-order valence-corrected chi connectivity index (χ1v) is 9.08. The van der Waals surface area contributed by atoms with Crippen molar-refractivity contribution >= 4 is 23.5 Å². The molecule has 0 heterocycles. The van der Waals surface area contributed by atoms with Gasteiger partial charge in [-0.05, 0) is 24.6 Å². The Morgan fingerprint density at radius 3 is 1.94 bits per heavy atom. The molecule has 0 aliphatic carbocycles. The number of anilines is 1. The molecule has 7 nitrogen and oxygen atoms in total. The van der Waals surface area contributed by atoms with E-state index in [2.05, 4.69) is 10.6 Å². The van der Waals surface area contributed by atoms with E-state index in [1.54, 1.807) is 6.92 Å². The van der Waals surface area contributed by atoms with E-state index in [1.807, 2.05) is 60.7 Å². The smallest absolute Gasteiger partial charge is 0.475 e. The summed E-state index contributed by atoms with van der Waals surface area (Å²) in [4.78, 5) is 33.3. The zero-order chi connectivity index (χ0) is 23.4. The number of hydrogen-bond donors (Lipinski definition) is 3. The predicted molar refractivity (Wildman–Crippen MR) is 107 cm³/mol. The van der Waals surface area contributed by atoms with Crippen molar-refractivity contribution in [2.45, 2.75) is 31.6 Å². The first-order chi connectivity index (χ1) is 14.5. The van der Waals surface area contributed by atoms with E-state index in [0.29, 0.717) is 6.42 Å². The molecule has 3 N–H and O–H groups in total. The third kappa shape index (κ3) is 9.66. The van der Waals surface area contributed by atoms with Crippen molar-refractivity contribution in [3.63, 3.8) is 0 Å². The number of benzene rings is 2. The largest absolute Gasteiger partial charge is 0.490 e. The van der Waals surface area contributed by atoms with Crippen LogP contribution in [0.1, 0.15) is 12.5 Å². The van der Waals surface area contributed by atoms with Crippen molar-refractivity contribution in [3.8, 4) is 0 Å². The van der Waals surface area contributed by atoms with Crippen molar-refractivity contribution in [1.82, 2.24) is 5.32 Å². The highest BCUT2D eigenvalue weighted by Gasteiger charge is 2.38. The Kier molecular flexibility index (Phi) is 10.0. The Morgan fingerprint density at radius 1 is 1.00 bits per heavy atom. The summed E-state index contributed by atoms with van der Waals surface area (Å²) in [6.07, 6.45) is -4.70. The summed E-state index contributed by atoms with van der Waals surface area (Å²) in [6, 6.07) is 17.8. The molecule has 1 amide bonds. The average molecular weight is 440 g/mol. The molecule has 0 aromatic heterocycles. The van der Waals surface area contributed by atoms with Crippen LogP contribution in [0, 0.1) is 0 Å². The minimum Gasteiger partial charge on any atom is -0.475 e. The van der Waals surface area contributed by atoms with Gasteiger partial charge in [-0.1, -0.05) is 48.5 Å². The van der Waals surface area contributed by atoms with Gasteiger partial charge in [-0.25, -0.2) is 9.59 Å². The van der Waals surface area contributed by atoms with Crippen LogP contribution in [0.15, 0.2) is 60.7 Å². The number of methoxy groups -OCH3 is 1. The maximum atomic E-state index is 12.4. The first-order valence-electron chi connectivity index (χ1n) is 9.08. The number of carbonyl (C=O) groups excluding carboxylic acids is 2. The Morgan fingerprint density at radius 2 is 1.48 bits per heavy atom. The number of hydrogen-bond acceptors (Lipinski definition) is 5. The second-order valence-electron chi connectivity index (χ2n) is 6.31. The molecular weight excluding hydrogens is 417 g/mol. The van der Waals surface area contributed by atoms with E-state index in [4.69, 9.17) is 14.6 Å². The highest BCUT2D eigenvalue weighted by molar-refractivity contribution is 5.89. The van der Waals surface area contributed by atoms with Crippen molar-refractivity contribution in [1.29, 1.82) is 0 Å². The Bertz CT molecular complexity index is 845. The van der Waals surface area contributed by atoms with Crippen LogP contribution in [0.2, 0.25) is 0 Å². The number of amides is 1. The number of para-hydroxylation sites is 1. The number of carboxylic acid groups (broad SMARTS) is 1. The Labute approximate surface area is 177 Å². The summed E-state index contributed by atoms with van der Waals surface area (Å²) in [5.74, 6) is -3.48. The molecule has 2 rings (SSSR count). The number of halogens is 3. The Balaban J connectivity index is 0.000000592. The highest BCUT2D eigenvalue weighted by Crippen LogP contribution is 2.13. The van der Waals surface area contributed by atoms with E-state index in [0.717, 1.165) is 11.3 Å². The highest BCUT2D eigenvalue weighted by atomic mass is 19.4. The van der Waals surface area contributed by atoms with E-state index in [9.17, 15) is 22.8 Å². The van der Waals surface area contributed by atoms with Gasteiger partial charge in [-0.15, -0.1) is 0 Å². The third-order valence-electron chi connectivity index (χ3n) is 3.88. The molecule has 0 radical (unpaired) electrons. The third-order valence-corrected chi connectivity index (χ3v) is 3.88. The van der Waals surface area contributed by atoms with E-state index >= 15 is 0 Å². The number of carboxylic acids is 1. The number of ether oxygens (including phenoxy) is 1. The standard InChI is InChI=1S/C19H22N2O3.C2HF3O2/c1-14(20-16-11-7-4-8-12-16)18(22)21-17(19(23)24-2)13-15-9-5-3-6-10-15;3-2(4,5)1(6)7/h3-12,14,17,20H,13H2,1-2H3,(H,21,22);(H,6,7). The van der Waals surface area contributed by atoms with Gasteiger partial charge in [-0.2, -0.15) is 13.2 Å². The van der Waals surface area contributed by atoms with Crippen molar-refractivity contribution in [2.75, 3.05) is 12.4 Å². The van der Waals surface area contributed by atoms with Crippen LogP contribution in [0.25, 0.3) is 0 Å². The number of nitrogens with one attached hydrogen (secondary N) is 2. The fourth-order valence-corrected chi connectivity index (χ4v) is 2.33. The topological polar surface area (TPSA) is 105 Å². The summed E-state index contributed by atoms with van der Waals surface area (Å²) in [7, 11) is 1.32. The summed E-state index contributed by atoms with van der Waals surface area (Å²) in [5.41, 5.74) is 1.80. The van der Waals surface area contributed by atoms with Crippen molar-refractivity contribution < 1.29 is 37.4 Å². The van der Waals surface area contributed by atoms with Crippen LogP contribution in [0.3, 0.4) is 0 Å². The molecule has 0 saturated carbocycles. The van der Waals surface area contributed by atoms with Gasteiger partial charge in [0.2, 0.25) is 5.91 Å². The number of esters is 1. The monoisotopic (exact) mass is 440 g/mol. The molecule has 31 heavy (non-hydrogen) atoms. The molecule has 0 bridgehead atoms. The lowest BCUT2D eigenvalue weighted by atomic mass is 10.1.